The van der Waals surface area contributed by atoms with Crippen molar-refractivity contribution >= 4 is 21.5 Å². The monoisotopic (exact) mass is 325 g/mol. The van der Waals surface area contributed by atoms with Crippen molar-refractivity contribution in [3.05, 3.63) is 48.4 Å². The van der Waals surface area contributed by atoms with E-state index in [1.165, 1.54) is 24.4 Å². The molecule has 22 heavy (non-hydrogen) atoms. The summed E-state index contributed by atoms with van der Waals surface area (Å²) in [6.07, 6.45) is 1.51. The first kappa shape index (κ1) is 16.2. The molecule has 0 spiro atoms. The molecule has 2 N–H and O–H groups in total. The number of sulfonamides is 1. The Morgan fingerprint density at radius 3 is 2.50 bits per heavy atom. The van der Waals surface area contributed by atoms with Gasteiger partial charge < -0.3 is 10.1 Å². The maximum atomic E-state index is 12.8. The molecular formula is C14H16FN3O3S. The fourth-order valence-electron chi connectivity index (χ4n) is 1.67. The number of methoxy groups -OCH3 is 1. The summed E-state index contributed by atoms with van der Waals surface area (Å²) < 4.78 is 44.3. The molecule has 0 fully saturated rings. The molecule has 6 nitrogen and oxygen atoms in total. The Bertz CT molecular complexity index is 703. The quantitative estimate of drug-likeness (QED) is 0.762. The first-order valence-corrected chi connectivity index (χ1v) is 7.97. The zero-order chi connectivity index (χ0) is 16.0. The normalized spacial score (nSPS) is 11.2. The van der Waals surface area contributed by atoms with E-state index in [1.807, 2.05) is 0 Å². The number of halogens is 1. The van der Waals surface area contributed by atoms with Crippen LogP contribution in [0, 0.1) is 5.82 Å². The molecule has 0 amide bonds. The summed E-state index contributed by atoms with van der Waals surface area (Å²) >= 11 is 0. The van der Waals surface area contributed by atoms with Gasteiger partial charge in [-0.25, -0.2) is 17.8 Å². The molecule has 0 aliphatic rings. The molecule has 1 heterocycles. The molecule has 0 bridgehead atoms. The van der Waals surface area contributed by atoms with Crippen molar-refractivity contribution in [2.45, 2.75) is 4.90 Å². The summed E-state index contributed by atoms with van der Waals surface area (Å²) in [5, 5.41) is 3.07. The van der Waals surface area contributed by atoms with E-state index >= 15 is 0 Å². The van der Waals surface area contributed by atoms with E-state index in [0.29, 0.717) is 13.2 Å². The van der Waals surface area contributed by atoms with Crippen LogP contribution in [0.1, 0.15) is 0 Å². The van der Waals surface area contributed by atoms with Crippen LogP contribution in [-0.4, -0.2) is 33.7 Å². The van der Waals surface area contributed by atoms with Gasteiger partial charge in [0.15, 0.2) is 0 Å². The molecule has 0 radical (unpaired) electrons. The number of nitrogens with zero attached hydrogens (tertiary/aromatic N) is 1. The number of anilines is 2. The third-order valence-electron chi connectivity index (χ3n) is 2.76. The zero-order valence-electron chi connectivity index (χ0n) is 11.9. The average molecular weight is 325 g/mol. The molecular weight excluding hydrogens is 309 g/mol. The Morgan fingerprint density at radius 2 is 1.91 bits per heavy atom. The fraction of sp³-hybridized carbons (Fsp3) is 0.214. The van der Waals surface area contributed by atoms with E-state index in [9.17, 15) is 12.8 Å². The van der Waals surface area contributed by atoms with Crippen molar-refractivity contribution in [1.82, 2.24) is 4.98 Å². The molecule has 0 unspecified atom stereocenters. The summed E-state index contributed by atoms with van der Waals surface area (Å²) in [6.45, 7) is 1.18. The first-order valence-electron chi connectivity index (χ1n) is 6.48. The van der Waals surface area contributed by atoms with Crippen molar-refractivity contribution in [2.24, 2.45) is 0 Å². The van der Waals surface area contributed by atoms with Crippen LogP contribution in [0.3, 0.4) is 0 Å². The minimum Gasteiger partial charge on any atom is -0.383 e. The molecule has 0 aliphatic heterocycles. The molecule has 0 atom stereocenters. The summed E-state index contributed by atoms with van der Waals surface area (Å²) in [7, 11) is -2.18. The van der Waals surface area contributed by atoms with E-state index in [0.717, 1.165) is 17.8 Å². The topological polar surface area (TPSA) is 80.3 Å². The van der Waals surface area contributed by atoms with E-state index < -0.39 is 15.8 Å². The third-order valence-corrected chi connectivity index (χ3v) is 4.13. The minimum atomic E-state index is -3.78. The Balaban J connectivity index is 2.05. The Hall–Kier alpha value is -2.19. The van der Waals surface area contributed by atoms with Gasteiger partial charge in [0.1, 0.15) is 11.6 Å². The number of ether oxygens (including phenoxy) is 1. The van der Waals surface area contributed by atoms with Gasteiger partial charge in [-0.15, -0.1) is 0 Å². The van der Waals surface area contributed by atoms with Gasteiger partial charge in [0, 0.05) is 13.7 Å². The molecule has 2 aromatic rings. The lowest BCUT2D eigenvalue weighted by molar-refractivity contribution is 0.211. The predicted octanol–water partition coefficient (Wildman–Crippen LogP) is 2.08. The van der Waals surface area contributed by atoms with E-state index in [-0.39, 0.29) is 10.7 Å². The number of pyridine rings is 1. The second-order valence-electron chi connectivity index (χ2n) is 4.41. The van der Waals surface area contributed by atoms with E-state index in [1.54, 1.807) is 13.2 Å². The van der Waals surface area contributed by atoms with Gasteiger partial charge in [-0.05, 0) is 36.4 Å². The van der Waals surface area contributed by atoms with Gasteiger partial charge in [-0.3, -0.25) is 4.72 Å². The number of hydrogen-bond donors (Lipinski definition) is 2. The second-order valence-corrected chi connectivity index (χ2v) is 6.09. The Morgan fingerprint density at radius 1 is 1.18 bits per heavy atom. The standard InChI is InChI=1S/C14H16FN3O3S/c1-21-9-8-16-12-4-7-14(17-10-12)18-22(19,20)13-5-2-11(15)3-6-13/h2-7,10,16H,8-9H2,1H3,(H,17,18). The summed E-state index contributed by atoms with van der Waals surface area (Å²) in [4.78, 5) is 3.99. The largest absolute Gasteiger partial charge is 0.383 e. The highest BCUT2D eigenvalue weighted by Crippen LogP contribution is 2.16. The van der Waals surface area contributed by atoms with E-state index in [4.69, 9.17) is 4.74 Å². The molecule has 8 heteroatoms. The molecule has 0 aliphatic carbocycles. The number of aromatic nitrogens is 1. The zero-order valence-corrected chi connectivity index (χ0v) is 12.7. The number of nitrogens with one attached hydrogen (secondary N) is 2. The lowest BCUT2D eigenvalue weighted by atomic mass is 10.4. The maximum absolute atomic E-state index is 12.8. The number of hydrogen-bond acceptors (Lipinski definition) is 5. The molecule has 0 saturated carbocycles. The first-order chi connectivity index (χ1) is 10.5. The summed E-state index contributed by atoms with van der Waals surface area (Å²) in [6, 6.07) is 7.80. The van der Waals surface area contributed by atoms with Crippen molar-refractivity contribution < 1.29 is 17.5 Å². The number of rotatable bonds is 7. The molecule has 2 rings (SSSR count). The van der Waals surface area contributed by atoms with Crippen molar-refractivity contribution in [3.8, 4) is 0 Å². The van der Waals surface area contributed by atoms with Crippen LogP contribution in [0.2, 0.25) is 0 Å². The van der Waals surface area contributed by atoms with Crippen LogP contribution in [0.4, 0.5) is 15.9 Å². The van der Waals surface area contributed by atoms with Crippen molar-refractivity contribution in [1.29, 1.82) is 0 Å². The van der Waals surface area contributed by atoms with Crippen LogP contribution >= 0.6 is 0 Å². The van der Waals surface area contributed by atoms with Crippen LogP contribution < -0.4 is 10.0 Å². The van der Waals surface area contributed by atoms with Crippen molar-refractivity contribution in [2.75, 3.05) is 30.3 Å². The number of benzene rings is 1. The highest BCUT2D eigenvalue weighted by molar-refractivity contribution is 7.92. The van der Waals surface area contributed by atoms with Crippen LogP contribution in [-0.2, 0) is 14.8 Å². The third kappa shape index (κ3) is 4.40. The van der Waals surface area contributed by atoms with Gasteiger partial charge in [-0.2, -0.15) is 0 Å². The van der Waals surface area contributed by atoms with Gasteiger partial charge in [0.05, 0.1) is 23.4 Å². The lowest BCUT2D eigenvalue weighted by Crippen LogP contribution is -2.14. The smallest absolute Gasteiger partial charge is 0.263 e. The van der Waals surface area contributed by atoms with Crippen molar-refractivity contribution in [3.63, 3.8) is 0 Å². The summed E-state index contributed by atoms with van der Waals surface area (Å²) in [5.74, 6) is -0.315. The minimum absolute atomic E-state index is 0.0296. The van der Waals surface area contributed by atoms with Gasteiger partial charge in [-0.1, -0.05) is 0 Å². The summed E-state index contributed by atoms with van der Waals surface area (Å²) in [5.41, 5.74) is 0.752. The molecule has 118 valence electrons. The predicted molar refractivity (Wildman–Crippen MR) is 81.8 cm³/mol. The highest BCUT2D eigenvalue weighted by Gasteiger charge is 2.14. The van der Waals surface area contributed by atoms with Crippen LogP contribution in [0.15, 0.2) is 47.5 Å². The average Bonchev–Trinajstić information content (AvgIpc) is 2.49. The lowest BCUT2D eigenvalue weighted by Gasteiger charge is -2.09. The Kier molecular flexibility index (Phi) is 5.29. The molecule has 1 aromatic carbocycles. The van der Waals surface area contributed by atoms with Gasteiger partial charge in [0.25, 0.3) is 10.0 Å². The van der Waals surface area contributed by atoms with E-state index in [2.05, 4.69) is 15.0 Å². The molecule has 1 aromatic heterocycles. The molecule has 0 saturated heterocycles. The fourth-order valence-corrected chi connectivity index (χ4v) is 2.67. The SMILES string of the molecule is COCCNc1ccc(NS(=O)(=O)c2ccc(F)cc2)nc1. The maximum Gasteiger partial charge on any atom is 0.263 e. The Labute approximate surface area is 128 Å². The second kappa shape index (κ2) is 7.19. The van der Waals surface area contributed by atoms with Gasteiger partial charge in [0.2, 0.25) is 0 Å². The van der Waals surface area contributed by atoms with Crippen LogP contribution in [0.5, 0.6) is 0 Å². The highest BCUT2D eigenvalue weighted by atomic mass is 32.2. The van der Waals surface area contributed by atoms with Gasteiger partial charge >= 0.3 is 0 Å². The van der Waals surface area contributed by atoms with Crippen LogP contribution in [0.25, 0.3) is 0 Å².